The molecule has 1 N–H and O–H groups in total. The molecule has 0 unspecified atom stereocenters. The van der Waals surface area contributed by atoms with Gasteiger partial charge in [0.25, 0.3) is 5.56 Å². The molecule has 0 atom stereocenters. The van der Waals surface area contributed by atoms with Crippen LogP contribution in [0, 0.1) is 12.7 Å². The van der Waals surface area contributed by atoms with Crippen molar-refractivity contribution in [3.8, 4) is 0 Å². The molecule has 0 bridgehead atoms. The van der Waals surface area contributed by atoms with Gasteiger partial charge in [-0.25, -0.2) is 9.37 Å². The van der Waals surface area contributed by atoms with Crippen molar-refractivity contribution in [2.24, 2.45) is 0 Å². The quantitative estimate of drug-likeness (QED) is 0.803. The van der Waals surface area contributed by atoms with Crippen LogP contribution in [0.25, 0.3) is 4.96 Å². The Morgan fingerprint density at radius 2 is 2.19 bits per heavy atom. The molecule has 0 aliphatic carbocycles. The van der Waals surface area contributed by atoms with Gasteiger partial charge in [0.1, 0.15) is 5.82 Å². The molecule has 1 aromatic carbocycles. The van der Waals surface area contributed by atoms with Crippen molar-refractivity contribution < 1.29 is 4.39 Å². The summed E-state index contributed by atoms with van der Waals surface area (Å²) in [7, 11) is 0. The zero-order valence-electron chi connectivity index (χ0n) is 11.3. The van der Waals surface area contributed by atoms with Gasteiger partial charge in [-0.1, -0.05) is 29.5 Å². The second-order valence-electron chi connectivity index (χ2n) is 4.61. The van der Waals surface area contributed by atoms with Crippen LogP contribution in [0.2, 0.25) is 0 Å². The van der Waals surface area contributed by atoms with Crippen LogP contribution in [-0.4, -0.2) is 21.1 Å². The van der Waals surface area contributed by atoms with Gasteiger partial charge in [0.05, 0.1) is 0 Å². The molecule has 108 valence electrons. The number of nitrogens with zero attached hydrogens (tertiary/aromatic N) is 3. The van der Waals surface area contributed by atoms with Crippen LogP contribution < -0.4 is 10.9 Å². The Balaban J connectivity index is 1.73. The van der Waals surface area contributed by atoms with Gasteiger partial charge in [-0.15, -0.1) is 5.10 Å². The summed E-state index contributed by atoms with van der Waals surface area (Å²) in [6.07, 6.45) is 0.546. The Hall–Kier alpha value is -2.28. The van der Waals surface area contributed by atoms with E-state index < -0.39 is 0 Å². The minimum absolute atomic E-state index is 0.198. The Bertz CT molecular complexity index is 842. The lowest BCUT2D eigenvalue weighted by molar-refractivity contribution is 0.610. The molecule has 0 saturated heterocycles. The summed E-state index contributed by atoms with van der Waals surface area (Å²) in [5.74, 6) is -0.211. The number of aryl methyl sites for hydroxylation is 1. The lowest BCUT2D eigenvalue weighted by atomic mass is 10.1. The van der Waals surface area contributed by atoms with E-state index in [9.17, 15) is 9.18 Å². The van der Waals surface area contributed by atoms with Gasteiger partial charge in [-0.05, 0) is 25.0 Å². The average Bonchev–Trinajstić information content (AvgIpc) is 2.84. The first-order valence-electron chi connectivity index (χ1n) is 6.48. The normalized spacial score (nSPS) is 11.0. The molecule has 0 saturated carbocycles. The second kappa shape index (κ2) is 5.61. The fraction of sp³-hybridized carbons (Fsp3) is 0.214. The number of hydrogen-bond donors (Lipinski definition) is 1. The average molecular weight is 304 g/mol. The van der Waals surface area contributed by atoms with E-state index in [1.165, 1.54) is 28.0 Å². The van der Waals surface area contributed by atoms with Crippen molar-refractivity contribution in [3.63, 3.8) is 0 Å². The zero-order chi connectivity index (χ0) is 14.8. The molecule has 0 aliphatic heterocycles. The van der Waals surface area contributed by atoms with E-state index in [1.54, 1.807) is 19.1 Å². The number of benzene rings is 1. The summed E-state index contributed by atoms with van der Waals surface area (Å²) in [4.78, 5) is 16.5. The van der Waals surface area contributed by atoms with Gasteiger partial charge in [-0.2, -0.15) is 4.52 Å². The van der Waals surface area contributed by atoms with E-state index in [-0.39, 0.29) is 11.4 Å². The Labute approximate surface area is 124 Å². The summed E-state index contributed by atoms with van der Waals surface area (Å²) in [5.41, 5.74) is 1.12. The van der Waals surface area contributed by atoms with Gasteiger partial charge in [0, 0.05) is 18.3 Å². The van der Waals surface area contributed by atoms with E-state index in [2.05, 4.69) is 15.4 Å². The second-order valence-corrected chi connectivity index (χ2v) is 5.56. The SMILES string of the molecule is Cc1cc(=O)n2nc(NCCc3ccccc3F)sc2n1. The smallest absolute Gasteiger partial charge is 0.275 e. The van der Waals surface area contributed by atoms with Crippen molar-refractivity contribution in [2.45, 2.75) is 13.3 Å². The molecular formula is C14H13FN4OS. The first-order chi connectivity index (χ1) is 10.1. The van der Waals surface area contributed by atoms with Crippen molar-refractivity contribution in [1.29, 1.82) is 0 Å². The van der Waals surface area contributed by atoms with Crippen LogP contribution in [-0.2, 0) is 6.42 Å². The number of nitrogens with one attached hydrogen (secondary N) is 1. The van der Waals surface area contributed by atoms with Crippen LogP contribution in [0.4, 0.5) is 9.52 Å². The summed E-state index contributed by atoms with van der Waals surface area (Å²) >= 11 is 1.30. The highest BCUT2D eigenvalue weighted by molar-refractivity contribution is 7.20. The molecule has 5 nitrogen and oxygen atoms in total. The van der Waals surface area contributed by atoms with Crippen LogP contribution in [0.5, 0.6) is 0 Å². The molecule has 0 spiro atoms. The summed E-state index contributed by atoms with van der Waals surface area (Å²) in [5, 5.41) is 7.86. The molecule has 0 fully saturated rings. The number of hydrogen-bond acceptors (Lipinski definition) is 5. The summed E-state index contributed by atoms with van der Waals surface area (Å²) in [6, 6.07) is 8.11. The minimum atomic E-state index is -0.211. The Morgan fingerprint density at radius 1 is 1.38 bits per heavy atom. The van der Waals surface area contributed by atoms with Crippen LogP contribution in [0.3, 0.4) is 0 Å². The summed E-state index contributed by atoms with van der Waals surface area (Å²) < 4.78 is 14.8. The van der Waals surface area contributed by atoms with Crippen LogP contribution in [0.1, 0.15) is 11.3 Å². The van der Waals surface area contributed by atoms with Crippen LogP contribution >= 0.6 is 11.3 Å². The van der Waals surface area contributed by atoms with Gasteiger partial charge in [0.2, 0.25) is 10.1 Å². The topological polar surface area (TPSA) is 59.3 Å². The van der Waals surface area contributed by atoms with Gasteiger partial charge in [-0.3, -0.25) is 4.79 Å². The first kappa shape index (κ1) is 13.7. The number of aromatic nitrogens is 3. The van der Waals surface area contributed by atoms with Gasteiger partial charge < -0.3 is 5.32 Å². The Morgan fingerprint density at radius 3 is 3.00 bits per heavy atom. The number of anilines is 1. The van der Waals surface area contributed by atoms with Crippen molar-refractivity contribution in [3.05, 3.63) is 57.8 Å². The number of rotatable bonds is 4. The molecular weight excluding hydrogens is 291 g/mol. The molecule has 3 aromatic rings. The third-order valence-electron chi connectivity index (χ3n) is 3.00. The molecule has 2 heterocycles. The molecule has 0 amide bonds. The third kappa shape index (κ3) is 2.92. The monoisotopic (exact) mass is 304 g/mol. The molecule has 0 radical (unpaired) electrons. The lowest BCUT2D eigenvalue weighted by Crippen LogP contribution is -2.14. The predicted octanol–water partition coefficient (Wildman–Crippen LogP) is 2.25. The zero-order valence-corrected chi connectivity index (χ0v) is 12.2. The van der Waals surface area contributed by atoms with Crippen molar-refractivity contribution >= 4 is 21.4 Å². The maximum Gasteiger partial charge on any atom is 0.275 e. The fourth-order valence-corrected chi connectivity index (χ4v) is 2.87. The molecule has 2 aromatic heterocycles. The number of halogens is 1. The predicted molar refractivity (Wildman–Crippen MR) is 80.5 cm³/mol. The maximum absolute atomic E-state index is 13.5. The largest absolute Gasteiger partial charge is 0.360 e. The standard InChI is InChI=1S/C14H13FN4OS/c1-9-8-12(20)19-14(17-9)21-13(18-19)16-7-6-10-4-2-3-5-11(10)15/h2-5,8H,6-7H2,1H3,(H,16,18). The highest BCUT2D eigenvalue weighted by Crippen LogP contribution is 2.16. The van der Waals surface area contributed by atoms with Crippen molar-refractivity contribution in [1.82, 2.24) is 14.6 Å². The molecule has 7 heteroatoms. The van der Waals surface area contributed by atoms with Crippen LogP contribution in [0.15, 0.2) is 35.1 Å². The van der Waals surface area contributed by atoms with Gasteiger partial charge in [0.15, 0.2) is 0 Å². The molecule has 21 heavy (non-hydrogen) atoms. The van der Waals surface area contributed by atoms with E-state index in [0.717, 1.165) is 0 Å². The van der Waals surface area contributed by atoms with E-state index in [0.29, 0.717) is 34.3 Å². The van der Waals surface area contributed by atoms with E-state index in [1.807, 2.05) is 6.07 Å². The molecule has 0 aliphatic rings. The van der Waals surface area contributed by atoms with Gasteiger partial charge >= 0.3 is 0 Å². The summed E-state index contributed by atoms with van der Waals surface area (Å²) in [6.45, 7) is 2.31. The maximum atomic E-state index is 13.5. The number of fused-ring (bicyclic) bond motifs is 1. The fourth-order valence-electron chi connectivity index (χ4n) is 2.00. The Kier molecular flexibility index (Phi) is 3.66. The first-order valence-corrected chi connectivity index (χ1v) is 7.30. The minimum Gasteiger partial charge on any atom is -0.360 e. The molecule has 3 rings (SSSR count). The highest BCUT2D eigenvalue weighted by Gasteiger charge is 2.07. The third-order valence-corrected chi connectivity index (χ3v) is 3.87. The van der Waals surface area contributed by atoms with E-state index >= 15 is 0 Å². The highest BCUT2D eigenvalue weighted by atomic mass is 32.1. The van der Waals surface area contributed by atoms with E-state index in [4.69, 9.17) is 0 Å². The van der Waals surface area contributed by atoms with Crippen molar-refractivity contribution in [2.75, 3.05) is 11.9 Å². The lowest BCUT2D eigenvalue weighted by Gasteiger charge is -2.03.